The minimum Gasteiger partial charge on any atom is -0.321 e. The van der Waals surface area contributed by atoms with E-state index in [1.165, 1.54) is 40.8 Å². The molecule has 100 valence electrons. The molecule has 0 radical (unpaired) electrons. The van der Waals surface area contributed by atoms with Crippen molar-refractivity contribution in [2.75, 3.05) is 5.32 Å². The number of carbonyl (C=O) groups is 1. The molecule has 0 aliphatic rings. The van der Waals surface area contributed by atoms with E-state index in [2.05, 4.69) is 20.4 Å². The molecule has 1 amide bonds. The standard InChI is InChI=1S/C12H8FN5OS/c13-9-3-8(17-12(19)10-4-20-7-15-10)1-2-11(9)18-6-14-5-16-18/h1-7H,(H,17,19). The summed E-state index contributed by atoms with van der Waals surface area (Å²) in [5.41, 5.74) is 2.47. The molecule has 8 heteroatoms. The molecule has 3 aromatic rings. The quantitative estimate of drug-likeness (QED) is 0.801. The number of aromatic nitrogens is 4. The zero-order valence-electron chi connectivity index (χ0n) is 10.0. The van der Waals surface area contributed by atoms with Crippen LogP contribution in [-0.4, -0.2) is 25.7 Å². The molecule has 6 nitrogen and oxygen atoms in total. The van der Waals surface area contributed by atoms with Crippen LogP contribution < -0.4 is 5.32 Å². The van der Waals surface area contributed by atoms with Gasteiger partial charge in [-0.05, 0) is 18.2 Å². The summed E-state index contributed by atoms with van der Waals surface area (Å²) in [6, 6.07) is 4.33. The lowest BCUT2D eigenvalue weighted by Crippen LogP contribution is -2.12. The molecule has 20 heavy (non-hydrogen) atoms. The SMILES string of the molecule is O=C(Nc1ccc(-n2cncn2)c(F)c1)c1cscn1. The van der Waals surface area contributed by atoms with Crippen molar-refractivity contribution in [3.8, 4) is 5.69 Å². The van der Waals surface area contributed by atoms with Crippen molar-refractivity contribution in [3.05, 3.63) is 53.3 Å². The third kappa shape index (κ3) is 2.41. The zero-order valence-corrected chi connectivity index (χ0v) is 10.8. The summed E-state index contributed by atoms with van der Waals surface area (Å²) < 4.78 is 15.3. The Bertz CT molecular complexity index is 726. The Hall–Kier alpha value is -2.61. The number of rotatable bonds is 3. The molecule has 2 aromatic heterocycles. The lowest BCUT2D eigenvalue weighted by atomic mass is 10.2. The van der Waals surface area contributed by atoms with Gasteiger partial charge in [-0.25, -0.2) is 19.0 Å². The maximum atomic E-state index is 14.0. The Balaban J connectivity index is 1.82. The van der Waals surface area contributed by atoms with Gasteiger partial charge in [-0.1, -0.05) is 0 Å². The summed E-state index contributed by atoms with van der Waals surface area (Å²) in [7, 11) is 0. The first-order chi connectivity index (χ1) is 9.74. The molecule has 0 unspecified atom stereocenters. The van der Waals surface area contributed by atoms with Crippen LogP contribution in [0.3, 0.4) is 0 Å². The van der Waals surface area contributed by atoms with Gasteiger partial charge in [0.05, 0.1) is 5.51 Å². The topological polar surface area (TPSA) is 72.7 Å². The second-order valence-corrected chi connectivity index (χ2v) is 4.55. The second kappa shape index (κ2) is 5.17. The van der Waals surface area contributed by atoms with Gasteiger partial charge in [0.2, 0.25) is 0 Å². The molecule has 1 aromatic carbocycles. The molecule has 0 bridgehead atoms. The molecular formula is C12H8FN5OS. The molecule has 0 aliphatic carbocycles. The largest absolute Gasteiger partial charge is 0.321 e. The average Bonchev–Trinajstić information content (AvgIpc) is 3.12. The number of anilines is 1. The fraction of sp³-hybridized carbons (Fsp3) is 0. The molecule has 2 heterocycles. The normalized spacial score (nSPS) is 10.4. The molecule has 0 fully saturated rings. The minimum absolute atomic E-state index is 0.258. The molecule has 0 aliphatic heterocycles. The number of hydrogen-bond acceptors (Lipinski definition) is 5. The molecule has 0 saturated heterocycles. The first-order valence-corrected chi connectivity index (χ1v) is 6.52. The van der Waals surface area contributed by atoms with Crippen LogP contribution in [0.1, 0.15) is 10.5 Å². The van der Waals surface area contributed by atoms with Crippen LogP contribution in [0, 0.1) is 5.82 Å². The number of halogens is 1. The summed E-state index contributed by atoms with van der Waals surface area (Å²) >= 11 is 1.32. The van der Waals surface area contributed by atoms with E-state index >= 15 is 0 Å². The summed E-state index contributed by atoms with van der Waals surface area (Å²) in [5, 5.41) is 8.05. The third-order valence-electron chi connectivity index (χ3n) is 2.54. The lowest BCUT2D eigenvalue weighted by molar-refractivity contribution is 0.102. The number of hydrogen-bond donors (Lipinski definition) is 1. The van der Waals surface area contributed by atoms with Crippen molar-refractivity contribution in [2.45, 2.75) is 0 Å². The van der Waals surface area contributed by atoms with Crippen LogP contribution in [-0.2, 0) is 0 Å². The Labute approximate surface area is 116 Å². The Kier molecular flexibility index (Phi) is 3.21. The first kappa shape index (κ1) is 12.4. The van der Waals surface area contributed by atoms with Gasteiger partial charge >= 0.3 is 0 Å². The number of nitrogens with zero attached hydrogens (tertiary/aromatic N) is 4. The molecule has 1 N–H and O–H groups in total. The zero-order chi connectivity index (χ0) is 13.9. The van der Waals surface area contributed by atoms with Crippen LogP contribution in [0.5, 0.6) is 0 Å². The summed E-state index contributed by atoms with van der Waals surface area (Å²) in [6.07, 6.45) is 2.71. The first-order valence-electron chi connectivity index (χ1n) is 5.58. The minimum atomic E-state index is -0.508. The van der Waals surface area contributed by atoms with Crippen molar-refractivity contribution in [3.63, 3.8) is 0 Å². The Morgan fingerprint density at radius 2 is 2.30 bits per heavy atom. The highest BCUT2D eigenvalue weighted by Gasteiger charge is 2.11. The van der Waals surface area contributed by atoms with E-state index in [4.69, 9.17) is 0 Å². The fourth-order valence-corrected chi connectivity index (χ4v) is 2.15. The van der Waals surface area contributed by atoms with E-state index in [0.717, 1.165) is 0 Å². The van der Waals surface area contributed by atoms with Gasteiger partial charge in [0, 0.05) is 11.1 Å². The predicted molar refractivity (Wildman–Crippen MR) is 71.4 cm³/mol. The number of nitrogens with one attached hydrogen (secondary N) is 1. The van der Waals surface area contributed by atoms with Crippen LogP contribution in [0.25, 0.3) is 5.69 Å². The molecule has 0 saturated carbocycles. The van der Waals surface area contributed by atoms with Gasteiger partial charge < -0.3 is 5.32 Å². The van der Waals surface area contributed by atoms with E-state index in [1.54, 1.807) is 17.0 Å². The van der Waals surface area contributed by atoms with E-state index in [9.17, 15) is 9.18 Å². The lowest BCUT2D eigenvalue weighted by Gasteiger charge is -2.06. The Morgan fingerprint density at radius 3 is 2.95 bits per heavy atom. The summed E-state index contributed by atoms with van der Waals surface area (Å²) in [6.45, 7) is 0. The highest BCUT2D eigenvalue weighted by atomic mass is 32.1. The van der Waals surface area contributed by atoms with Gasteiger partial charge in [0.15, 0.2) is 5.82 Å². The maximum absolute atomic E-state index is 14.0. The van der Waals surface area contributed by atoms with Crippen molar-refractivity contribution in [1.82, 2.24) is 19.7 Å². The van der Waals surface area contributed by atoms with E-state index in [1.807, 2.05) is 0 Å². The van der Waals surface area contributed by atoms with Gasteiger partial charge in [0.25, 0.3) is 5.91 Å². The van der Waals surface area contributed by atoms with E-state index < -0.39 is 5.82 Å². The van der Waals surface area contributed by atoms with Crippen LogP contribution >= 0.6 is 11.3 Å². The van der Waals surface area contributed by atoms with Crippen molar-refractivity contribution in [2.24, 2.45) is 0 Å². The number of thiazole rings is 1. The number of benzene rings is 1. The number of carbonyl (C=O) groups excluding carboxylic acids is 1. The van der Waals surface area contributed by atoms with E-state index in [0.29, 0.717) is 11.4 Å². The van der Waals surface area contributed by atoms with Gasteiger partial charge in [-0.3, -0.25) is 4.79 Å². The molecule has 0 atom stereocenters. The highest BCUT2D eigenvalue weighted by molar-refractivity contribution is 7.07. The van der Waals surface area contributed by atoms with E-state index in [-0.39, 0.29) is 11.6 Å². The highest BCUT2D eigenvalue weighted by Crippen LogP contribution is 2.18. The number of amides is 1. The average molecular weight is 289 g/mol. The molecular weight excluding hydrogens is 281 g/mol. The van der Waals surface area contributed by atoms with Crippen LogP contribution in [0.2, 0.25) is 0 Å². The van der Waals surface area contributed by atoms with Crippen LogP contribution in [0.4, 0.5) is 10.1 Å². The van der Waals surface area contributed by atoms with Gasteiger partial charge in [-0.2, -0.15) is 5.10 Å². The molecule has 0 spiro atoms. The van der Waals surface area contributed by atoms with Crippen molar-refractivity contribution < 1.29 is 9.18 Å². The fourth-order valence-electron chi connectivity index (χ4n) is 1.62. The van der Waals surface area contributed by atoms with Gasteiger partial charge in [-0.15, -0.1) is 11.3 Å². The third-order valence-corrected chi connectivity index (χ3v) is 3.12. The summed E-state index contributed by atoms with van der Waals surface area (Å²) in [4.78, 5) is 19.4. The smallest absolute Gasteiger partial charge is 0.275 e. The monoisotopic (exact) mass is 289 g/mol. The second-order valence-electron chi connectivity index (χ2n) is 3.83. The van der Waals surface area contributed by atoms with Crippen molar-refractivity contribution in [1.29, 1.82) is 0 Å². The van der Waals surface area contributed by atoms with Crippen molar-refractivity contribution >= 4 is 22.9 Å². The Morgan fingerprint density at radius 1 is 1.40 bits per heavy atom. The van der Waals surface area contributed by atoms with Gasteiger partial charge in [0.1, 0.15) is 24.0 Å². The van der Waals surface area contributed by atoms with Crippen LogP contribution in [0.15, 0.2) is 41.7 Å². The summed E-state index contributed by atoms with van der Waals surface area (Å²) in [5.74, 6) is -0.884. The predicted octanol–water partition coefficient (Wildman–Crippen LogP) is 2.12. The molecule has 3 rings (SSSR count). The maximum Gasteiger partial charge on any atom is 0.275 e.